The minimum atomic E-state index is -0.140. The molecule has 1 amide bonds. The van der Waals surface area contributed by atoms with E-state index in [-0.39, 0.29) is 11.8 Å². The lowest BCUT2D eigenvalue weighted by molar-refractivity contribution is -0.135. The van der Waals surface area contributed by atoms with Gasteiger partial charge in [-0.25, -0.2) is 0 Å². The van der Waals surface area contributed by atoms with Gasteiger partial charge in [-0.15, -0.1) is 0 Å². The van der Waals surface area contributed by atoms with Crippen LogP contribution in [-0.2, 0) is 9.53 Å². The number of piperidine rings is 1. The predicted molar refractivity (Wildman–Crippen MR) is 93.4 cm³/mol. The molecule has 1 unspecified atom stereocenters. The highest BCUT2D eigenvalue weighted by Crippen LogP contribution is 2.35. The zero-order valence-electron chi connectivity index (χ0n) is 14.7. The highest BCUT2D eigenvalue weighted by Gasteiger charge is 2.34. The molecule has 0 spiro atoms. The van der Waals surface area contributed by atoms with Crippen LogP contribution in [0.1, 0.15) is 30.7 Å². The van der Waals surface area contributed by atoms with Crippen LogP contribution in [0, 0.1) is 0 Å². The normalized spacial score (nSPS) is 21.0. The molecule has 1 atom stereocenters. The second kappa shape index (κ2) is 7.99. The molecule has 1 fully saturated rings. The van der Waals surface area contributed by atoms with E-state index in [1.165, 1.54) is 0 Å². The first kappa shape index (κ1) is 17.2. The van der Waals surface area contributed by atoms with E-state index in [4.69, 9.17) is 9.47 Å². The Hall–Kier alpha value is -1.59. The van der Waals surface area contributed by atoms with Gasteiger partial charge >= 0.3 is 0 Å². The summed E-state index contributed by atoms with van der Waals surface area (Å²) in [6.07, 6.45) is 3.22. The van der Waals surface area contributed by atoms with Crippen LogP contribution in [0.15, 0.2) is 24.3 Å². The second-order valence-corrected chi connectivity index (χ2v) is 6.95. The summed E-state index contributed by atoms with van der Waals surface area (Å²) in [6, 6.07) is 7.87. The lowest BCUT2D eigenvalue weighted by Crippen LogP contribution is -2.43. The number of benzene rings is 1. The number of nitrogens with zero attached hydrogens (tertiary/aromatic N) is 2. The second-order valence-electron chi connectivity index (χ2n) is 6.95. The van der Waals surface area contributed by atoms with Gasteiger partial charge in [0.1, 0.15) is 18.3 Å². The maximum atomic E-state index is 12.8. The Morgan fingerprint density at radius 3 is 2.79 bits per heavy atom. The molecule has 3 rings (SSSR count). The average molecular weight is 332 g/mol. The molecule has 0 aromatic heterocycles. The molecule has 0 saturated carbocycles. The zero-order valence-corrected chi connectivity index (χ0v) is 14.7. The van der Waals surface area contributed by atoms with Crippen molar-refractivity contribution in [3.8, 4) is 5.75 Å². The number of likely N-dealkylation sites (tertiary alicyclic amines) is 1. The van der Waals surface area contributed by atoms with Crippen LogP contribution in [0.4, 0.5) is 0 Å². The van der Waals surface area contributed by atoms with E-state index in [0.29, 0.717) is 12.7 Å². The van der Waals surface area contributed by atoms with Crippen molar-refractivity contribution in [3.63, 3.8) is 0 Å². The van der Waals surface area contributed by atoms with E-state index in [1.807, 2.05) is 29.2 Å². The molecular weight excluding hydrogens is 304 g/mol. The number of ether oxygens (including phenoxy) is 2. The third kappa shape index (κ3) is 4.08. The molecule has 1 aromatic rings. The molecule has 0 bridgehead atoms. The van der Waals surface area contributed by atoms with Gasteiger partial charge in [0, 0.05) is 25.3 Å². The van der Waals surface area contributed by atoms with Crippen LogP contribution in [0.3, 0.4) is 0 Å². The van der Waals surface area contributed by atoms with Crippen LogP contribution in [0.2, 0.25) is 0 Å². The number of amides is 1. The van der Waals surface area contributed by atoms with Crippen molar-refractivity contribution in [1.29, 1.82) is 0 Å². The monoisotopic (exact) mass is 332 g/mol. The van der Waals surface area contributed by atoms with Crippen molar-refractivity contribution in [2.45, 2.75) is 31.3 Å². The Labute approximate surface area is 144 Å². The summed E-state index contributed by atoms with van der Waals surface area (Å²) in [6.45, 7) is 3.91. The first-order chi connectivity index (χ1) is 11.6. The van der Waals surface area contributed by atoms with Gasteiger partial charge in [-0.05, 0) is 46.0 Å². The predicted octanol–water partition coefficient (Wildman–Crippen LogP) is 2.12. The van der Waals surface area contributed by atoms with Gasteiger partial charge in [0.2, 0.25) is 5.91 Å². The first-order valence-electron chi connectivity index (χ1n) is 8.92. The van der Waals surface area contributed by atoms with Gasteiger partial charge in [-0.2, -0.15) is 0 Å². The fourth-order valence-electron chi connectivity index (χ4n) is 3.46. The highest BCUT2D eigenvalue weighted by atomic mass is 16.5. The molecule has 5 nitrogen and oxygen atoms in total. The maximum absolute atomic E-state index is 12.8. The number of carbonyl (C=O) groups is 1. The van der Waals surface area contributed by atoms with Crippen LogP contribution >= 0.6 is 0 Å². The largest absolute Gasteiger partial charge is 0.492 e. The van der Waals surface area contributed by atoms with Crippen LogP contribution < -0.4 is 4.74 Å². The number of para-hydroxylation sites is 1. The summed E-state index contributed by atoms with van der Waals surface area (Å²) in [4.78, 5) is 17.0. The SMILES string of the molecule is CN(C)CCCOC1CCN(C(=O)C2COc3ccccc32)CC1. The fraction of sp³-hybridized carbons (Fsp3) is 0.632. The Kier molecular flexibility index (Phi) is 5.74. The number of hydrogen-bond donors (Lipinski definition) is 0. The standard InChI is InChI=1S/C19H28N2O3/c1-20(2)10-5-13-23-15-8-11-21(12-9-15)19(22)17-14-24-18-7-4-3-6-16(17)18/h3-4,6-7,15,17H,5,8-14H2,1-2H3. The molecule has 0 radical (unpaired) electrons. The number of fused-ring (bicyclic) bond motifs is 1. The van der Waals surface area contributed by atoms with E-state index in [9.17, 15) is 4.79 Å². The smallest absolute Gasteiger partial charge is 0.233 e. The van der Waals surface area contributed by atoms with Crippen molar-refractivity contribution >= 4 is 5.91 Å². The van der Waals surface area contributed by atoms with E-state index in [0.717, 1.165) is 56.8 Å². The van der Waals surface area contributed by atoms with E-state index in [1.54, 1.807) is 0 Å². The highest BCUT2D eigenvalue weighted by molar-refractivity contribution is 5.85. The molecule has 1 aromatic carbocycles. The molecule has 0 N–H and O–H groups in total. The molecule has 2 aliphatic rings. The summed E-state index contributed by atoms with van der Waals surface area (Å²) >= 11 is 0. The third-order valence-electron chi connectivity index (χ3n) is 4.85. The molecule has 24 heavy (non-hydrogen) atoms. The van der Waals surface area contributed by atoms with E-state index >= 15 is 0 Å². The van der Waals surface area contributed by atoms with Gasteiger partial charge in [-0.1, -0.05) is 18.2 Å². The Morgan fingerprint density at radius 2 is 2.04 bits per heavy atom. The summed E-state index contributed by atoms with van der Waals surface area (Å²) in [5.74, 6) is 0.916. The Morgan fingerprint density at radius 1 is 1.29 bits per heavy atom. The molecule has 132 valence electrons. The quantitative estimate of drug-likeness (QED) is 0.749. The van der Waals surface area contributed by atoms with E-state index < -0.39 is 0 Å². The molecule has 1 saturated heterocycles. The number of rotatable bonds is 6. The van der Waals surface area contributed by atoms with Gasteiger partial charge in [-0.3, -0.25) is 4.79 Å². The van der Waals surface area contributed by atoms with E-state index in [2.05, 4.69) is 19.0 Å². The summed E-state index contributed by atoms with van der Waals surface area (Å²) in [5.41, 5.74) is 1.03. The fourth-order valence-corrected chi connectivity index (χ4v) is 3.46. The van der Waals surface area contributed by atoms with Crippen LogP contribution in [-0.4, -0.2) is 68.8 Å². The minimum absolute atomic E-state index is 0.140. The molecule has 2 aliphatic heterocycles. The zero-order chi connectivity index (χ0) is 16.9. The maximum Gasteiger partial charge on any atom is 0.233 e. The van der Waals surface area contributed by atoms with Gasteiger partial charge in [0.25, 0.3) is 0 Å². The topological polar surface area (TPSA) is 42.0 Å². The summed E-state index contributed by atoms with van der Waals surface area (Å²) in [5, 5.41) is 0. The number of carbonyl (C=O) groups excluding carboxylic acids is 1. The molecular formula is C19H28N2O3. The van der Waals surface area contributed by atoms with Crippen LogP contribution in [0.5, 0.6) is 5.75 Å². The molecule has 5 heteroatoms. The lowest BCUT2D eigenvalue weighted by atomic mass is 9.98. The Bertz CT molecular complexity index is 553. The van der Waals surface area contributed by atoms with Gasteiger partial charge in [0.15, 0.2) is 0 Å². The average Bonchev–Trinajstić information content (AvgIpc) is 3.02. The number of hydrogen-bond acceptors (Lipinski definition) is 4. The van der Waals surface area contributed by atoms with Crippen molar-refractivity contribution < 1.29 is 14.3 Å². The van der Waals surface area contributed by atoms with Crippen molar-refractivity contribution in [2.24, 2.45) is 0 Å². The third-order valence-corrected chi connectivity index (χ3v) is 4.85. The van der Waals surface area contributed by atoms with Crippen molar-refractivity contribution in [3.05, 3.63) is 29.8 Å². The lowest BCUT2D eigenvalue weighted by Gasteiger charge is -2.33. The molecule has 0 aliphatic carbocycles. The summed E-state index contributed by atoms with van der Waals surface area (Å²) in [7, 11) is 4.16. The van der Waals surface area contributed by atoms with Gasteiger partial charge < -0.3 is 19.3 Å². The minimum Gasteiger partial charge on any atom is -0.492 e. The molecule has 2 heterocycles. The van der Waals surface area contributed by atoms with Crippen molar-refractivity contribution in [1.82, 2.24) is 9.80 Å². The summed E-state index contributed by atoms with van der Waals surface area (Å²) < 4.78 is 11.6. The van der Waals surface area contributed by atoms with Crippen LogP contribution in [0.25, 0.3) is 0 Å². The van der Waals surface area contributed by atoms with Crippen molar-refractivity contribution in [2.75, 3.05) is 46.9 Å². The first-order valence-corrected chi connectivity index (χ1v) is 8.92. The van der Waals surface area contributed by atoms with Gasteiger partial charge in [0.05, 0.1) is 6.10 Å². The Balaban J connectivity index is 1.44.